The van der Waals surface area contributed by atoms with Crippen LogP contribution in [0.15, 0.2) is 29.3 Å². The smallest absolute Gasteiger partial charge is 0.191 e. The number of aliphatic hydroxyl groups is 1. The Bertz CT molecular complexity index is 568. The topological polar surface area (TPSA) is 75.1 Å². The maximum absolute atomic E-state index is 9.29. The fraction of sp³-hybridized carbons (Fsp3) is 0.611. The Morgan fingerprint density at radius 1 is 1.46 bits per heavy atom. The Labute approximate surface area is 177 Å². The third kappa shape index (κ3) is 7.46. The summed E-state index contributed by atoms with van der Waals surface area (Å²) in [6.45, 7) is 4.90. The zero-order valence-corrected chi connectivity index (χ0v) is 18.4. The second-order valence-electron chi connectivity index (χ2n) is 6.47. The highest BCUT2D eigenvalue weighted by atomic mass is 127. The highest BCUT2D eigenvalue weighted by Gasteiger charge is 2.34. The average molecular weight is 498 g/mol. The van der Waals surface area contributed by atoms with Crippen LogP contribution in [-0.4, -0.2) is 57.1 Å². The van der Waals surface area contributed by atoms with Crippen LogP contribution in [-0.2, 0) is 4.74 Å². The molecule has 1 saturated heterocycles. The molecule has 8 heteroatoms. The van der Waals surface area contributed by atoms with Crippen LogP contribution in [0.25, 0.3) is 0 Å². The van der Waals surface area contributed by atoms with E-state index in [0.29, 0.717) is 24.1 Å². The predicted molar refractivity (Wildman–Crippen MR) is 116 cm³/mol. The Kier molecular flexibility index (Phi) is 10.6. The SMILES string of the molecule is CN=C(NCC(C)Oc1cccc(Cl)c1)NCC1(CCO)CCOC1.I. The van der Waals surface area contributed by atoms with Gasteiger partial charge in [0.05, 0.1) is 13.2 Å². The number of rotatable bonds is 8. The molecule has 2 atom stereocenters. The lowest BCUT2D eigenvalue weighted by Crippen LogP contribution is -2.46. The second-order valence-corrected chi connectivity index (χ2v) is 6.91. The van der Waals surface area contributed by atoms with Crippen molar-refractivity contribution in [3.05, 3.63) is 29.3 Å². The number of guanidine groups is 1. The van der Waals surface area contributed by atoms with E-state index in [-0.39, 0.29) is 42.1 Å². The van der Waals surface area contributed by atoms with Gasteiger partial charge in [0.2, 0.25) is 0 Å². The molecule has 26 heavy (non-hydrogen) atoms. The predicted octanol–water partition coefficient (Wildman–Crippen LogP) is 2.68. The van der Waals surface area contributed by atoms with Crippen molar-refractivity contribution >= 4 is 41.5 Å². The van der Waals surface area contributed by atoms with Gasteiger partial charge >= 0.3 is 0 Å². The summed E-state index contributed by atoms with van der Waals surface area (Å²) >= 11 is 5.97. The first kappa shape index (κ1) is 23.3. The van der Waals surface area contributed by atoms with E-state index < -0.39 is 0 Å². The molecule has 148 valence electrons. The minimum atomic E-state index is -0.0433. The molecule has 0 aliphatic carbocycles. The highest BCUT2D eigenvalue weighted by molar-refractivity contribution is 14.0. The highest BCUT2D eigenvalue weighted by Crippen LogP contribution is 2.31. The van der Waals surface area contributed by atoms with E-state index in [0.717, 1.165) is 31.7 Å². The molecule has 6 nitrogen and oxygen atoms in total. The molecule has 1 aromatic rings. The molecule has 1 heterocycles. The summed E-state index contributed by atoms with van der Waals surface area (Å²) in [4.78, 5) is 4.25. The largest absolute Gasteiger partial charge is 0.489 e. The Hall–Kier alpha value is -0.770. The van der Waals surface area contributed by atoms with Gasteiger partial charge in [-0.05, 0) is 38.0 Å². The number of halogens is 2. The maximum Gasteiger partial charge on any atom is 0.191 e. The van der Waals surface area contributed by atoms with Crippen molar-refractivity contribution in [2.45, 2.75) is 25.9 Å². The van der Waals surface area contributed by atoms with Gasteiger partial charge in [-0.3, -0.25) is 4.99 Å². The number of benzene rings is 1. The third-order valence-corrected chi connectivity index (χ3v) is 4.61. The Morgan fingerprint density at radius 3 is 2.88 bits per heavy atom. The van der Waals surface area contributed by atoms with Crippen molar-refractivity contribution < 1.29 is 14.6 Å². The van der Waals surface area contributed by atoms with Crippen molar-refractivity contribution in [3.8, 4) is 5.75 Å². The standard InChI is InChI=1S/C18H28ClN3O3.HI/c1-14(25-16-5-3-4-15(19)10-16)11-21-17(20-2)22-12-18(6-8-23)7-9-24-13-18;/h3-5,10,14,23H,6-9,11-13H2,1-2H3,(H2,20,21,22);1H. The van der Waals surface area contributed by atoms with Crippen molar-refractivity contribution in [2.24, 2.45) is 10.4 Å². The summed E-state index contributed by atoms with van der Waals surface area (Å²) in [5.41, 5.74) is -0.0186. The molecular formula is C18H29ClIN3O3. The summed E-state index contributed by atoms with van der Waals surface area (Å²) in [5, 5.41) is 16.6. The van der Waals surface area contributed by atoms with E-state index in [9.17, 15) is 5.11 Å². The van der Waals surface area contributed by atoms with Gasteiger partial charge in [-0.2, -0.15) is 0 Å². The maximum atomic E-state index is 9.29. The van der Waals surface area contributed by atoms with Gasteiger partial charge in [0.1, 0.15) is 11.9 Å². The van der Waals surface area contributed by atoms with Crippen molar-refractivity contribution in [2.75, 3.05) is 40.0 Å². The van der Waals surface area contributed by atoms with Crippen molar-refractivity contribution in [1.29, 1.82) is 0 Å². The molecule has 0 aromatic heterocycles. The molecule has 0 spiro atoms. The fourth-order valence-electron chi connectivity index (χ4n) is 2.86. The monoisotopic (exact) mass is 497 g/mol. The molecule has 1 aromatic carbocycles. The van der Waals surface area contributed by atoms with Crippen LogP contribution in [0.4, 0.5) is 0 Å². The van der Waals surface area contributed by atoms with Gasteiger partial charge in [-0.15, -0.1) is 24.0 Å². The number of aliphatic hydroxyl groups excluding tert-OH is 1. The number of aliphatic imine (C=N–C) groups is 1. The molecule has 0 bridgehead atoms. The first-order valence-corrected chi connectivity index (χ1v) is 9.00. The zero-order chi connectivity index (χ0) is 18.1. The molecule has 1 aliphatic rings. The van der Waals surface area contributed by atoms with E-state index in [1.165, 1.54) is 0 Å². The van der Waals surface area contributed by atoms with E-state index in [1.54, 1.807) is 13.1 Å². The molecule has 0 saturated carbocycles. The van der Waals surface area contributed by atoms with Crippen LogP contribution >= 0.6 is 35.6 Å². The molecule has 1 fully saturated rings. The van der Waals surface area contributed by atoms with Crippen LogP contribution in [0, 0.1) is 5.41 Å². The fourth-order valence-corrected chi connectivity index (χ4v) is 3.04. The number of hydrogen-bond acceptors (Lipinski definition) is 4. The normalized spacial score (nSPS) is 21.0. The minimum Gasteiger partial charge on any atom is -0.489 e. The summed E-state index contributed by atoms with van der Waals surface area (Å²) in [6.07, 6.45) is 1.63. The van der Waals surface area contributed by atoms with Gasteiger partial charge < -0.3 is 25.2 Å². The number of nitrogens with zero attached hydrogens (tertiary/aromatic N) is 1. The Balaban J connectivity index is 0.00000338. The van der Waals surface area contributed by atoms with E-state index >= 15 is 0 Å². The summed E-state index contributed by atoms with van der Waals surface area (Å²) in [7, 11) is 1.74. The summed E-state index contributed by atoms with van der Waals surface area (Å²) in [6, 6.07) is 7.36. The lowest BCUT2D eigenvalue weighted by atomic mass is 9.84. The van der Waals surface area contributed by atoms with Crippen LogP contribution in [0.2, 0.25) is 5.02 Å². The molecule has 2 rings (SSSR count). The van der Waals surface area contributed by atoms with E-state index in [2.05, 4.69) is 15.6 Å². The average Bonchev–Trinajstić information content (AvgIpc) is 3.04. The first-order valence-electron chi connectivity index (χ1n) is 8.62. The molecule has 0 radical (unpaired) electrons. The van der Waals surface area contributed by atoms with Crippen LogP contribution < -0.4 is 15.4 Å². The van der Waals surface area contributed by atoms with Crippen LogP contribution in [0.1, 0.15) is 19.8 Å². The second kappa shape index (κ2) is 11.8. The number of ether oxygens (including phenoxy) is 2. The third-order valence-electron chi connectivity index (χ3n) is 4.37. The zero-order valence-electron chi connectivity index (χ0n) is 15.3. The van der Waals surface area contributed by atoms with Gasteiger partial charge in [-0.25, -0.2) is 0 Å². The molecule has 2 unspecified atom stereocenters. The first-order chi connectivity index (χ1) is 12.1. The number of nitrogens with one attached hydrogen (secondary N) is 2. The van der Waals surface area contributed by atoms with Crippen LogP contribution in [0.3, 0.4) is 0 Å². The van der Waals surface area contributed by atoms with Crippen molar-refractivity contribution in [1.82, 2.24) is 10.6 Å². The summed E-state index contributed by atoms with van der Waals surface area (Å²) in [5.74, 6) is 1.46. The van der Waals surface area contributed by atoms with E-state index in [1.807, 2.05) is 25.1 Å². The molecule has 3 N–H and O–H groups in total. The van der Waals surface area contributed by atoms with Crippen molar-refractivity contribution in [3.63, 3.8) is 0 Å². The Morgan fingerprint density at radius 2 is 2.27 bits per heavy atom. The molecule has 1 aliphatic heterocycles. The van der Waals surface area contributed by atoms with Gasteiger partial charge in [0, 0.05) is 37.2 Å². The van der Waals surface area contributed by atoms with Gasteiger partial charge in [0.25, 0.3) is 0 Å². The molecular weight excluding hydrogens is 469 g/mol. The molecule has 0 amide bonds. The van der Waals surface area contributed by atoms with Gasteiger partial charge in [0.15, 0.2) is 5.96 Å². The quantitative estimate of drug-likeness (QED) is 0.293. The summed E-state index contributed by atoms with van der Waals surface area (Å²) < 4.78 is 11.4. The lowest BCUT2D eigenvalue weighted by molar-refractivity contribution is 0.127. The number of hydrogen-bond donors (Lipinski definition) is 3. The minimum absolute atomic E-state index is 0. The van der Waals surface area contributed by atoms with Crippen LogP contribution in [0.5, 0.6) is 5.75 Å². The lowest BCUT2D eigenvalue weighted by Gasteiger charge is -2.28. The van der Waals surface area contributed by atoms with Gasteiger partial charge in [-0.1, -0.05) is 17.7 Å². The van der Waals surface area contributed by atoms with E-state index in [4.69, 9.17) is 21.1 Å².